The third-order valence-electron chi connectivity index (χ3n) is 2.62. The van der Waals surface area contributed by atoms with Gasteiger partial charge >= 0.3 is 0 Å². The smallest absolute Gasteiger partial charge is 0.296 e. The lowest BCUT2D eigenvalue weighted by Crippen LogP contribution is -2.24. The SMILES string of the molecule is CC#CC(=O)N[C@H](C)c1nc(-c2ccc(Br)cc2)cs1. The summed E-state index contributed by atoms with van der Waals surface area (Å²) >= 11 is 4.94. The molecule has 0 radical (unpaired) electrons. The fourth-order valence-electron chi connectivity index (χ4n) is 1.65. The Labute approximate surface area is 130 Å². The Kier molecular flexibility index (Phi) is 4.94. The van der Waals surface area contributed by atoms with E-state index in [1.807, 2.05) is 36.6 Å². The van der Waals surface area contributed by atoms with E-state index in [2.05, 4.69) is 38.1 Å². The maximum Gasteiger partial charge on any atom is 0.296 e. The van der Waals surface area contributed by atoms with Gasteiger partial charge in [0.05, 0.1) is 11.7 Å². The van der Waals surface area contributed by atoms with Gasteiger partial charge in [-0.15, -0.1) is 11.3 Å². The van der Waals surface area contributed by atoms with Gasteiger partial charge in [0.1, 0.15) is 5.01 Å². The van der Waals surface area contributed by atoms with Gasteiger partial charge in [0, 0.05) is 15.4 Å². The summed E-state index contributed by atoms with van der Waals surface area (Å²) in [7, 11) is 0. The first-order chi connectivity index (χ1) is 9.60. The maximum atomic E-state index is 11.4. The van der Waals surface area contributed by atoms with E-state index in [1.54, 1.807) is 6.92 Å². The monoisotopic (exact) mass is 348 g/mol. The summed E-state index contributed by atoms with van der Waals surface area (Å²) in [6.07, 6.45) is 0. The first kappa shape index (κ1) is 14.8. The number of amides is 1. The highest BCUT2D eigenvalue weighted by molar-refractivity contribution is 9.10. The van der Waals surface area contributed by atoms with E-state index in [1.165, 1.54) is 11.3 Å². The second kappa shape index (κ2) is 6.69. The molecule has 1 N–H and O–H groups in total. The number of thiazole rings is 1. The van der Waals surface area contributed by atoms with Crippen molar-refractivity contribution in [3.8, 4) is 23.1 Å². The average Bonchev–Trinajstić information content (AvgIpc) is 2.89. The van der Waals surface area contributed by atoms with E-state index in [4.69, 9.17) is 0 Å². The van der Waals surface area contributed by atoms with Crippen LogP contribution in [0.2, 0.25) is 0 Å². The van der Waals surface area contributed by atoms with Crippen LogP contribution in [0.3, 0.4) is 0 Å². The predicted octanol–water partition coefficient (Wildman–Crippen LogP) is 3.77. The van der Waals surface area contributed by atoms with Gasteiger partial charge in [-0.2, -0.15) is 0 Å². The van der Waals surface area contributed by atoms with Crippen molar-refractivity contribution in [3.63, 3.8) is 0 Å². The number of nitrogens with one attached hydrogen (secondary N) is 1. The number of aromatic nitrogens is 1. The lowest BCUT2D eigenvalue weighted by molar-refractivity contribution is -0.116. The van der Waals surface area contributed by atoms with E-state index in [-0.39, 0.29) is 11.9 Å². The molecule has 1 atom stereocenters. The number of rotatable bonds is 3. The molecule has 1 aromatic carbocycles. The highest BCUT2D eigenvalue weighted by Crippen LogP contribution is 2.26. The molecule has 1 aromatic heterocycles. The fourth-order valence-corrected chi connectivity index (χ4v) is 2.75. The van der Waals surface area contributed by atoms with Gasteiger partial charge in [0.2, 0.25) is 0 Å². The molecule has 0 saturated carbocycles. The normalized spacial score (nSPS) is 11.3. The highest BCUT2D eigenvalue weighted by atomic mass is 79.9. The summed E-state index contributed by atoms with van der Waals surface area (Å²) in [5, 5.41) is 5.66. The molecule has 3 nitrogen and oxygen atoms in total. The molecule has 0 aliphatic rings. The van der Waals surface area contributed by atoms with Crippen LogP contribution in [-0.2, 0) is 4.79 Å². The molecule has 2 rings (SSSR count). The van der Waals surface area contributed by atoms with Crippen LogP contribution in [0.25, 0.3) is 11.3 Å². The number of hydrogen-bond donors (Lipinski definition) is 1. The van der Waals surface area contributed by atoms with E-state index >= 15 is 0 Å². The van der Waals surface area contributed by atoms with Gasteiger partial charge in [-0.05, 0) is 31.9 Å². The third-order valence-corrected chi connectivity index (χ3v) is 4.17. The molecule has 0 aliphatic carbocycles. The van der Waals surface area contributed by atoms with E-state index in [0.29, 0.717) is 0 Å². The van der Waals surface area contributed by atoms with Crippen molar-refractivity contribution in [2.75, 3.05) is 0 Å². The molecule has 0 bridgehead atoms. The molecule has 0 spiro atoms. The van der Waals surface area contributed by atoms with Crippen molar-refractivity contribution in [2.45, 2.75) is 19.9 Å². The number of nitrogens with zero attached hydrogens (tertiary/aromatic N) is 1. The van der Waals surface area contributed by atoms with E-state index in [0.717, 1.165) is 20.7 Å². The van der Waals surface area contributed by atoms with Crippen LogP contribution in [0.5, 0.6) is 0 Å². The Morgan fingerprint density at radius 3 is 2.75 bits per heavy atom. The van der Waals surface area contributed by atoms with Crippen molar-refractivity contribution < 1.29 is 4.79 Å². The van der Waals surface area contributed by atoms with Crippen LogP contribution in [0.4, 0.5) is 0 Å². The molecule has 0 fully saturated rings. The lowest BCUT2D eigenvalue weighted by atomic mass is 10.2. The summed E-state index contributed by atoms with van der Waals surface area (Å²) in [6.45, 7) is 3.54. The Balaban J connectivity index is 2.13. The second-order valence-electron chi connectivity index (χ2n) is 4.15. The van der Waals surface area contributed by atoms with Gasteiger partial charge in [0.15, 0.2) is 0 Å². The van der Waals surface area contributed by atoms with Crippen LogP contribution in [0.15, 0.2) is 34.1 Å². The average molecular weight is 349 g/mol. The predicted molar refractivity (Wildman–Crippen MR) is 85.3 cm³/mol. The number of carbonyl (C=O) groups excluding carboxylic acids is 1. The molecule has 0 unspecified atom stereocenters. The maximum absolute atomic E-state index is 11.4. The van der Waals surface area contributed by atoms with Gasteiger partial charge in [0.25, 0.3) is 5.91 Å². The van der Waals surface area contributed by atoms with Crippen LogP contribution >= 0.6 is 27.3 Å². The highest BCUT2D eigenvalue weighted by Gasteiger charge is 2.13. The molecule has 0 aliphatic heterocycles. The third kappa shape index (κ3) is 3.69. The Morgan fingerprint density at radius 2 is 2.10 bits per heavy atom. The number of hydrogen-bond acceptors (Lipinski definition) is 3. The minimum absolute atomic E-state index is 0.141. The number of carbonyl (C=O) groups is 1. The van der Waals surface area contributed by atoms with Gasteiger partial charge < -0.3 is 5.32 Å². The molecule has 2 aromatic rings. The van der Waals surface area contributed by atoms with Crippen LogP contribution < -0.4 is 5.32 Å². The largest absolute Gasteiger partial charge is 0.336 e. The minimum Gasteiger partial charge on any atom is -0.336 e. The van der Waals surface area contributed by atoms with Crippen LogP contribution in [0, 0.1) is 11.8 Å². The summed E-state index contributed by atoms with van der Waals surface area (Å²) < 4.78 is 1.04. The molecule has 0 saturated heterocycles. The standard InChI is InChI=1S/C15H13BrN2OS/c1-3-4-14(19)17-10(2)15-18-13(9-20-15)11-5-7-12(16)8-6-11/h5-10H,1-2H3,(H,17,19)/t10-/m1/s1. The Hall–Kier alpha value is -1.64. The molecular formula is C15H13BrN2OS. The molecule has 102 valence electrons. The number of benzene rings is 1. The zero-order valence-electron chi connectivity index (χ0n) is 11.1. The fraction of sp³-hybridized carbons (Fsp3) is 0.200. The van der Waals surface area contributed by atoms with Crippen molar-refractivity contribution in [3.05, 3.63) is 39.1 Å². The van der Waals surface area contributed by atoms with Crippen LogP contribution in [0.1, 0.15) is 24.9 Å². The van der Waals surface area contributed by atoms with Gasteiger partial charge in [-0.1, -0.05) is 34.0 Å². The molecule has 5 heteroatoms. The Bertz CT molecular complexity index is 667. The van der Waals surface area contributed by atoms with Crippen LogP contribution in [-0.4, -0.2) is 10.9 Å². The summed E-state index contributed by atoms with van der Waals surface area (Å²) in [6, 6.07) is 7.84. The minimum atomic E-state index is -0.277. The lowest BCUT2D eigenvalue weighted by Gasteiger charge is -2.07. The first-order valence-electron chi connectivity index (χ1n) is 6.04. The zero-order valence-corrected chi connectivity index (χ0v) is 13.5. The molecule has 1 heterocycles. The summed E-state index contributed by atoms with van der Waals surface area (Å²) in [5.41, 5.74) is 1.97. The number of halogens is 1. The molecule has 1 amide bonds. The van der Waals surface area contributed by atoms with Crippen molar-refractivity contribution in [1.82, 2.24) is 10.3 Å². The zero-order chi connectivity index (χ0) is 14.5. The molecular weight excluding hydrogens is 336 g/mol. The summed E-state index contributed by atoms with van der Waals surface area (Å²) in [5.74, 6) is 4.76. The van der Waals surface area contributed by atoms with Gasteiger partial charge in [-0.3, -0.25) is 4.79 Å². The quantitative estimate of drug-likeness (QED) is 0.857. The van der Waals surface area contributed by atoms with Crippen molar-refractivity contribution in [1.29, 1.82) is 0 Å². The second-order valence-corrected chi connectivity index (χ2v) is 5.95. The van der Waals surface area contributed by atoms with Crippen molar-refractivity contribution >= 4 is 33.2 Å². The topological polar surface area (TPSA) is 42.0 Å². The molecule has 20 heavy (non-hydrogen) atoms. The Morgan fingerprint density at radius 1 is 1.40 bits per heavy atom. The van der Waals surface area contributed by atoms with Crippen molar-refractivity contribution in [2.24, 2.45) is 0 Å². The van der Waals surface area contributed by atoms with E-state index in [9.17, 15) is 4.79 Å². The van der Waals surface area contributed by atoms with E-state index < -0.39 is 0 Å². The van der Waals surface area contributed by atoms with Gasteiger partial charge in [-0.25, -0.2) is 4.98 Å². The summed E-state index contributed by atoms with van der Waals surface area (Å²) in [4.78, 5) is 16.0. The first-order valence-corrected chi connectivity index (χ1v) is 7.72.